The van der Waals surface area contributed by atoms with Crippen LogP contribution in [0.1, 0.15) is 12.0 Å². The van der Waals surface area contributed by atoms with Gasteiger partial charge in [0.15, 0.2) is 0 Å². The second-order valence-corrected chi connectivity index (χ2v) is 4.89. The minimum Gasteiger partial charge on any atom is -0.497 e. The number of para-hydroxylation sites is 1. The molecule has 4 nitrogen and oxygen atoms in total. The molecular weight excluding hydrogens is 278 g/mol. The van der Waals surface area contributed by atoms with Crippen molar-refractivity contribution in [2.24, 2.45) is 0 Å². The Hall–Kier alpha value is -2.49. The molecule has 0 fully saturated rings. The first kappa shape index (κ1) is 15.9. The molecule has 0 aromatic heterocycles. The van der Waals surface area contributed by atoms with Crippen LogP contribution < -0.4 is 14.8 Å². The van der Waals surface area contributed by atoms with E-state index in [2.05, 4.69) is 5.32 Å². The first-order valence-corrected chi connectivity index (χ1v) is 7.35. The summed E-state index contributed by atoms with van der Waals surface area (Å²) in [5.74, 6) is 1.67. The second kappa shape index (κ2) is 8.72. The van der Waals surface area contributed by atoms with Gasteiger partial charge in [-0.2, -0.15) is 0 Å². The molecule has 0 atom stereocenters. The highest BCUT2D eigenvalue weighted by atomic mass is 16.5. The number of benzene rings is 2. The normalized spacial score (nSPS) is 10.0. The van der Waals surface area contributed by atoms with Crippen LogP contribution in [0.3, 0.4) is 0 Å². The van der Waals surface area contributed by atoms with Gasteiger partial charge in [-0.15, -0.1) is 0 Å². The van der Waals surface area contributed by atoms with Gasteiger partial charge in [0.25, 0.3) is 0 Å². The molecule has 0 aliphatic heterocycles. The van der Waals surface area contributed by atoms with E-state index in [1.54, 1.807) is 7.11 Å². The molecule has 0 radical (unpaired) electrons. The third-order valence-electron chi connectivity index (χ3n) is 3.18. The smallest absolute Gasteiger partial charge is 0.224 e. The van der Waals surface area contributed by atoms with E-state index in [0.29, 0.717) is 19.6 Å². The highest BCUT2D eigenvalue weighted by Crippen LogP contribution is 2.11. The summed E-state index contributed by atoms with van der Waals surface area (Å²) in [6.07, 6.45) is 1.16. The number of hydrogen-bond acceptors (Lipinski definition) is 3. The van der Waals surface area contributed by atoms with E-state index in [1.807, 2.05) is 54.6 Å². The quantitative estimate of drug-likeness (QED) is 0.763. The third-order valence-corrected chi connectivity index (χ3v) is 3.18. The monoisotopic (exact) mass is 299 g/mol. The summed E-state index contributed by atoms with van der Waals surface area (Å²) in [6, 6.07) is 17.2. The van der Waals surface area contributed by atoms with Gasteiger partial charge >= 0.3 is 0 Å². The molecule has 0 saturated heterocycles. The Morgan fingerprint density at radius 3 is 2.41 bits per heavy atom. The summed E-state index contributed by atoms with van der Waals surface area (Å²) in [5, 5.41) is 2.90. The maximum atomic E-state index is 11.8. The number of methoxy groups -OCH3 is 1. The number of rotatable bonds is 8. The van der Waals surface area contributed by atoms with Crippen molar-refractivity contribution in [1.29, 1.82) is 0 Å². The number of carbonyl (C=O) groups is 1. The van der Waals surface area contributed by atoms with Crippen molar-refractivity contribution in [1.82, 2.24) is 5.32 Å². The Morgan fingerprint density at radius 1 is 1.00 bits per heavy atom. The molecule has 116 valence electrons. The van der Waals surface area contributed by atoms with Crippen molar-refractivity contribution in [3.8, 4) is 11.5 Å². The largest absolute Gasteiger partial charge is 0.497 e. The predicted molar refractivity (Wildman–Crippen MR) is 86.3 cm³/mol. The van der Waals surface area contributed by atoms with Crippen LogP contribution in [-0.2, 0) is 11.2 Å². The fraction of sp³-hybridized carbons (Fsp3) is 0.278. The molecule has 1 amide bonds. The summed E-state index contributed by atoms with van der Waals surface area (Å²) in [4.78, 5) is 11.8. The van der Waals surface area contributed by atoms with Gasteiger partial charge in [0.2, 0.25) is 5.91 Å². The summed E-state index contributed by atoms with van der Waals surface area (Å²) < 4.78 is 10.7. The van der Waals surface area contributed by atoms with E-state index in [-0.39, 0.29) is 5.91 Å². The van der Waals surface area contributed by atoms with Crippen molar-refractivity contribution in [2.45, 2.75) is 12.8 Å². The van der Waals surface area contributed by atoms with Crippen molar-refractivity contribution in [3.63, 3.8) is 0 Å². The van der Waals surface area contributed by atoms with Crippen molar-refractivity contribution < 1.29 is 14.3 Å². The summed E-state index contributed by atoms with van der Waals surface area (Å²) >= 11 is 0. The van der Waals surface area contributed by atoms with Crippen LogP contribution >= 0.6 is 0 Å². The molecule has 1 N–H and O–H groups in total. The predicted octanol–water partition coefficient (Wildman–Crippen LogP) is 2.82. The van der Waals surface area contributed by atoms with Crippen LogP contribution in [0.5, 0.6) is 11.5 Å². The van der Waals surface area contributed by atoms with E-state index >= 15 is 0 Å². The van der Waals surface area contributed by atoms with E-state index in [9.17, 15) is 4.79 Å². The Balaban J connectivity index is 1.61. The van der Waals surface area contributed by atoms with Crippen molar-refractivity contribution in [3.05, 3.63) is 60.2 Å². The van der Waals surface area contributed by atoms with Crippen LogP contribution in [0.25, 0.3) is 0 Å². The molecule has 0 aliphatic rings. The maximum Gasteiger partial charge on any atom is 0.224 e. The maximum absolute atomic E-state index is 11.8. The topological polar surface area (TPSA) is 47.6 Å². The lowest BCUT2D eigenvalue weighted by Crippen LogP contribution is -2.27. The van der Waals surface area contributed by atoms with Gasteiger partial charge in [-0.05, 0) is 36.2 Å². The molecule has 2 aromatic carbocycles. The summed E-state index contributed by atoms with van der Waals surface area (Å²) in [7, 11) is 1.62. The number of ether oxygens (including phenoxy) is 2. The lowest BCUT2D eigenvalue weighted by Gasteiger charge is -2.08. The average Bonchev–Trinajstić information content (AvgIpc) is 2.56. The molecule has 2 aromatic rings. The van der Waals surface area contributed by atoms with Gasteiger partial charge in [0, 0.05) is 6.54 Å². The highest BCUT2D eigenvalue weighted by Gasteiger charge is 2.03. The van der Waals surface area contributed by atoms with Gasteiger partial charge in [-0.1, -0.05) is 30.3 Å². The fourth-order valence-corrected chi connectivity index (χ4v) is 2.00. The molecule has 2 rings (SSSR count). The van der Waals surface area contributed by atoms with Gasteiger partial charge in [-0.25, -0.2) is 0 Å². The summed E-state index contributed by atoms with van der Waals surface area (Å²) in [6.45, 7) is 1.20. The van der Waals surface area contributed by atoms with Crippen LogP contribution in [0, 0.1) is 0 Å². The average molecular weight is 299 g/mol. The SMILES string of the molecule is COc1ccc(CC(=O)NCCCOc2ccccc2)cc1. The zero-order valence-corrected chi connectivity index (χ0v) is 12.7. The second-order valence-electron chi connectivity index (χ2n) is 4.89. The van der Waals surface area contributed by atoms with Crippen LogP contribution in [-0.4, -0.2) is 26.2 Å². The molecule has 0 heterocycles. The summed E-state index contributed by atoms with van der Waals surface area (Å²) in [5.41, 5.74) is 0.971. The molecule has 0 unspecified atom stereocenters. The fourth-order valence-electron chi connectivity index (χ4n) is 2.00. The van der Waals surface area contributed by atoms with Crippen LogP contribution in [0.15, 0.2) is 54.6 Å². The minimum atomic E-state index is 0.0184. The Kier molecular flexibility index (Phi) is 6.30. The van der Waals surface area contributed by atoms with Crippen molar-refractivity contribution in [2.75, 3.05) is 20.3 Å². The number of hydrogen-bond donors (Lipinski definition) is 1. The third kappa shape index (κ3) is 5.48. The number of carbonyl (C=O) groups excluding carboxylic acids is 1. The standard InChI is InChI=1S/C18H21NO3/c1-21-16-10-8-15(9-11-16)14-18(20)19-12-5-13-22-17-6-3-2-4-7-17/h2-4,6-11H,5,12-14H2,1H3,(H,19,20). The lowest BCUT2D eigenvalue weighted by atomic mass is 10.1. The Labute approximate surface area is 131 Å². The van der Waals surface area contributed by atoms with E-state index < -0.39 is 0 Å². The Bertz CT molecular complexity index is 567. The number of nitrogens with one attached hydrogen (secondary N) is 1. The van der Waals surface area contributed by atoms with E-state index in [1.165, 1.54) is 0 Å². The van der Waals surface area contributed by atoms with Gasteiger partial charge in [0.1, 0.15) is 11.5 Å². The number of amides is 1. The molecular formula is C18H21NO3. The first-order valence-electron chi connectivity index (χ1n) is 7.35. The first-order chi connectivity index (χ1) is 10.8. The van der Waals surface area contributed by atoms with Crippen LogP contribution in [0.4, 0.5) is 0 Å². The zero-order chi connectivity index (χ0) is 15.6. The van der Waals surface area contributed by atoms with Gasteiger partial charge < -0.3 is 14.8 Å². The molecule has 0 saturated carbocycles. The zero-order valence-electron chi connectivity index (χ0n) is 12.7. The highest BCUT2D eigenvalue weighted by molar-refractivity contribution is 5.78. The molecule has 0 spiro atoms. The minimum absolute atomic E-state index is 0.0184. The Morgan fingerprint density at radius 2 is 1.73 bits per heavy atom. The van der Waals surface area contributed by atoms with Gasteiger partial charge in [0.05, 0.1) is 20.1 Å². The lowest BCUT2D eigenvalue weighted by molar-refractivity contribution is -0.120. The van der Waals surface area contributed by atoms with Gasteiger partial charge in [-0.3, -0.25) is 4.79 Å². The van der Waals surface area contributed by atoms with E-state index in [0.717, 1.165) is 23.5 Å². The van der Waals surface area contributed by atoms with Crippen LogP contribution in [0.2, 0.25) is 0 Å². The van der Waals surface area contributed by atoms with Crippen molar-refractivity contribution >= 4 is 5.91 Å². The molecule has 0 bridgehead atoms. The molecule has 4 heteroatoms. The molecule has 22 heavy (non-hydrogen) atoms. The van der Waals surface area contributed by atoms with E-state index in [4.69, 9.17) is 9.47 Å². The molecule has 0 aliphatic carbocycles.